The average molecular weight is 256 g/mol. The molecule has 7 heteroatoms. The predicted octanol–water partition coefficient (Wildman–Crippen LogP) is 1.73. The SMILES string of the molecule is COC(=O)CCN(C)c1ccc([N+](=O)[O-])cc1F. The highest BCUT2D eigenvalue weighted by Crippen LogP contribution is 2.23. The summed E-state index contributed by atoms with van der Waals surface area (Å²) in [4.78, 5) is 22.2. The van der Waals surface area contributed by atoms with Gasteiger partial charge in [0.2, 0.25) is 0 Å². The number of hydrogen-bond acceptors (Lipinski definition) is 5. The summed E-state index contributed by atoms with van der Waals surface area (Å²) in [6, 6.07) is 3.38. The first-order chi connectivity index (χ1) is 8.45. The third-order valence-electron chi connectivity index (χ3n) is 2.43. The molecule has 0 saturated heterocycles. The molecule has 0 fully saturated rings. The molecule has 18 heavy (non-hydrogen) atoms. The van der Waals surface area contributed by atoms with Crippen LogP contribution in [0.15, 0.2) is 18.2 Å². The van der Waals surface area contributed by atoms with E-state index in [-0.39, 0.29) is 24.3 Å². The van der Waals surface area contributed by atoms with E-state index in [0.717, 1.165) is 6.07 Å². The Morgan fingerprint density at radius 3 is 2.72 bits per heavy atom. The molecule has 0 aliphatic rings. The summed E-state index contributed by atoms with van der Waals surface area (Å²) in [5.74, 6) is -1.10. The summed E-state index contributed by atoms with van der Waals surface area (Å²) in [7, 11) is 2.86. The van der Waals surface area contributed by atoms with Gasteiger partial charge in [-0.3, -0.25) is 14.9 Å². The number of rotatable bonds is 5. The monoisotopic (exact) mass is 256 g/mol. The van der Waals surface area contributed by atoms with Crippen molar-refractivity contribution in [3.05, 3.63) is 34.1 Å². The highest BCUT2D eigenvalue weighted by molar-refractivity contribution is 5.70. The highest BCUT2D eigenvalue weighted by atomic mass is 19.1. The first-order valence-electron chi connectivity index (χ1n) is 5.17. The molecule has 0 radical (unpaired) electrons. The van der Waals surface area contributed by atoms with Crippen molar-refractivity contribution in [2.45, 2.75) is 6.42 Å². The fourth-order valence-electron chi connectivity index (χ4n) is 1.40. The Labute approximate surface area is 103 Å². The van der Waals surface area contributed by atoms with Crippen molar-refractivity contribution in [2.24, 2.45) is 0 Å². The summed E-state index contributed by atoms with van der Waals surface area (Å²) in [5, 5.41) is 10.5. The summed E-state index contributed by atoms with van der Waals surface area (Å²) < 4.78 is 18.1. The maximum Gasteiger partial charge on any atom is 0.307 e. The van der Waals surface area contributed by atoms with Crippen molar-refractivity contribution in [3.63, 3.8) is 0 Å². The molecule has 0 N–H and O–H groups in total. The van der Waals surface area contributed by atoms with Crippen molar-refractivity contribution < 1.29 is 18.8 Å². The summed E-state index contributed by atoms with van der Waals surface area (Å²) in [5.41, 5.74) is -0.109. The van der Waals surface area contributed by atoms with Gasteiger partial charge < -0.3 is 9.64 Å². The fourth-order valence-corrected chi connectivity index (χ4v) is 1.40. The van der Waals surface area contributed by atoms with E-state index in [9.17, 15) is 19.3 Å². The average Bonchev–Trinajstić information content (AvgIpc) is 2.35. The van der Waals surface area contributed by atoms with Crippen LogP contribution in [0.3, 0.4) is 0 Å². The molecule has 0 saturated carbocycles. The topological polar surface area (TPSA) is 72.7 Å². The molecule has 1 aromatic rings. The number of ether oxygens (including phenoxy) is 1. The largest absolute Gasteiger partial charge is 0.469 e. The van der Waals surface area contributed by atoms with Crippen molar-refractivity contribution >= 4 is 17.3 Å². The van der Waals surface area contributed by atoms with Gasteiger partial charge in [0.05, 0.1) is 30.2 Å². The molecule has 0 heterocycles. The molecule has 0 atom stereocenters. The maximum atomic E-state index is 13.6. The van der Waals surface area contributed by atoms with Gasteiger partial charge in [0.1, 0.15) is 0 Å². The standard InChI is InChI=1S/C11H13FN2O4/c1-13(6-5-11(15)18-2)10-4-3-8(14(16)17)7-9(10)12/h3-4,7H,5-6H2,1-2H3. The number of benzene rings is 1. The molecule has 0 unspecified atom stereocenters. The molecule has 0 aliphatic carbocycles. The smallest absolute Gasteiger partial charge is 0.307 e. The third kappa shape index (κ3) is 3.41. The summed E-state index contributed by atoms with van der Waals surface area (Å²) in [6.45, 7) is 0.265. The molecule has 0 aromatic heterocycles. The Morgan fingerprint density at radius 2 is 2.22 bits per heavy atom. The summed E-state index contributed by atoms with van der Waals surface area (Å²) >= 11 is 0. The second-order valence-corrected chi connectivity index (χ2v) is 3.64. The van der Waals surface area contributed by atoms with Crippen LogP contribution in [-0.4, -0.2) is 31.6 Å². The van der Waals surface area contributed by atoms with E-state index in [1.54, 1.807) is 7.05 Å². The Kier molecular flexibility index (Phi) is 4.59. The van der Waals surface area contributed by atoms with E-state index in [4.69, 9.17) is 0 Å². The number of halogens is 1. The third-order valence-corrected chi connectivity index (χ3v) is 2.43. The molecule has 0 aliphatic heterocycles. The number of carbonyl (C=O) groups excluding carboxylic acids is 1. The van der Waals surface area contributed by atoms with Gasteiger partial charge in [-0.2, -0.15) is 0 Å². The lowest BCUT2D eigenvalue weighted by molar-refractivity contribution is -0.385. The van der Waals surface area contributed by atoms with Crippen molar-refractivity contribution in [2.75, 3.05) is 25.6 Å². The Morgan fingerprint density at radius 1 is 1.56 bits per heavy atom. The Bertz CT molecular complexity index is 464. The fraction of sp³-hybridized carbons (Fsp3) is 0.364. The molecule has 1 aromatic carbocycles. The zero-order valence-corrected chi connectivity index (χ0v) is 10.1. The van der Waals surface area contributed by atoms with Crippen LogP contribution < -0.4 is 4.90 Å². The van der Waals surface area contributed by atoms with Crippen LogP contribution in [0, 0.1) is 15.9 Å². The van der Waals surface area contributed by atoms with E-state index < -0.39 is 16.7 Å². The number of nitro groups is 1. The first kappa shape index (κ1) is 13.9. The van der Waals surface area contributed by atoms with Gasteiger partial charge in [0.25, 0.3) is 5.69 Å². The van der Waals surface area contributed by atoms with Crippen molar-refractivity contribution in [1.82, 2.24) is 0 Å². The molecule has 0 spiro atoms. The molecule has 0 bridgehead atoms. The van der Waals surface area contributed by atoms with Gasteiger partial charge in [0, 0.05) is 19.7 Å². The predicted molar refractivity (Wildman–Crippen MR) is 63.0 cm³/mol. The Balaban J connectivity index is 2.77. The van der Waals surface area contributed by atoms with Crippen molar-refractivity contribution in [1.29, 1.82) is 0 Å². The van der Waals surface area contributed by atoms with Gasteiger partial charge in [-0.15, -0.1) is 0 Å². The van der Waals surface area contributed by atoms with Crippen LogP contribution in [0.25, 0.3) is 0 Å². The minimum atomic E-state index is -0.698. The Hall–Kier alpha value is -2.18. The van der Waals surface area contributed by atoms with Gasteiger partial charge in [0.15, 0.2) is 5.82 Å². The molecular formula is C11H13FN2O4. The van der Waals surface area contributed by atoms with Crippen LogP contribution in [0.2, 0.25) is 0 Å². The number of methoxy groups -OCH3 is 1. The lowest BCUT2D eigenvalue weighted by Gasteiger charge is -2.18. The highest BCUT2D eigenvalue weighted by Gasteiger charge is 2.14. The second-order valence-electron chi connectivity index (χ2n) is 3.64. The number of nitro benzene ring substituents is 1. The van der Waals surface area contributed by atoms with E-state index in [2.05, 4.69) is 4.74 Å². The zero-order chi connectivity index (χ0) is 13.7. The van der Waals surface area contributed by atoms with Gasteiger partial charge in [-0.1, -0.05) is 0 Å². The van der Waals surface area contributed by atoms with Crippen LogP contribution >= 0.6 is 0 Å². The molecular weight excluding hydrogens is 243 g/mol. The van der Waals surface area contributed by atoms with E-state index in [1.807, 2.05) is 0 Å². The number of non-ortho nitro benzene ring substituents is 1. The number of esters is 1. The van der Waals surface area contributed by atoms with Gasteiger partial charge in [-0.25, -0.2) is 4.39 Å². The van der Waals surface area contributed by atoms with E-state index in [0.29, 0.717) is 0 Å². The van der Waals surface area contributed by atoms with E-state index >= 15 is 0 Å². The molecule has 1 rings (SSSR count). The minimum absolute atomic E-state index is 0.115. The number of anilines is 1. The molecule has 0 amide bonds. The summed E-state index contributed by atoms with van der Waals surface area (Å²) in [6.07, 6.45) is 0.115. The molecule has 98 valence electrons. The van der Waals surface area contributed by atoms with Gasteiger partial charge >= 0.3 is 5.97 Å². The number of carbonyl (C=O) groups is 1. The minimum Gasteiger partial charge on any atom is -0.469 e. The second kappa shape index (κ2) is 5.95. The maximum absolute atomic E-state index is 13.6. The van der Waals surface area contributed by atoms with Crippen LogP contribution in [-0.2, 0) is 9.53 Å². The quantitative estimate of drug-likeness (QED) is 0.455. The van der Waals surface area contributed by atoms with E-state index in [1.165, 1.54) is 24.1 Å². The van der Waals surface area contributed by atoms with Crippen molar-refractivity contribution in [3.8, 4) is 0 Å². The lowest BCUT2D eigenvalue weighted by Crippen LogP contribution is -2.22. The number of nitrogens with zero attached hydrogens (tertiary/aromatic N) is 2. The van der Waals surface area contributed by atoms with Crippen LogP contribution in [0.4, 0.5) is 15.8 Å². The lowest BCUT2D eigenvalue weighted by atomic mass is 10.2. The van der Waals surface area contributed by atoms with Gasteiger partial charge in [-0.05, 0) is 6.07 Å². The zero-order valence-electron chi connectivity index (χ0n) is 10.1. The van der Waals surface area contributed by atoms with Crippen LogP contribution in [0.1, 0.15) is 6.42 Å². The normalized spacial score (nSPS) is 9.94. The van der Waals surface area contributed by atoms with Crippen LogP contribution in [0.5, 0.6) is 0 Å². The number of hydrogen-bond donors (Lipinski definition) is 0. The first-order valence-corrected chi connectivity index (χ1v) is 5.17. The molecule has 6 nitrogen and oxygen atoms in total.